The molecule has 0 aromatic carbocycles. The molecule has 0 heterocycles. The Hall–Kier alpha value is 0.160. The number of sulfonamides is 1. The first-order valence-corrected chi connectivity index (χ1v) is 6.32. The molecule has 0 aliphatic rings. The molecule has 6 heteroatoms. The molecule has 0 unspecified atom stereocenters. The van der Waals surface area contributed by atoms with Gasteiger partial charge in [0.2, 0.25) is 10.0 Å². The number of aliphatic hydroxyl groups is 1. The minimum atomic E-state index is -3.46. The van der Waals surface area contributed by atoms with Gasteiger partial charge >= 0.3 is 0 Å². The van der Waals surface area contributed by atoms with Gasteiger partial charge in [-0.1, -0.05) is 13.8 Å². The lowest BCUT2D eigenvalue weighted by Crippen LogP contribution is -2.50. The molecule has 0 spiro atoms. The molecule has 0 fully saturated rings. The van der Waals surface area contributed by atoms with E-state index in [4.69, 9.17) is 16.7 Å². The maximum absolute atomic E-state index is 11.1. The summed E-state index contributed by atoms with van der Waals surface area (Å²) < 4.78 is 24.7. The van der Waals surface area contributed by atoms with Gasteiger partial charge in [-0.2, -0.15) is 0 Å². The first-order valence-electron chi connectivity index (χ1n) is 4.13. The monoisotopic (exact) mass is 229 g/mol. The Morgan fingerprint density at radius 2 is 1.85 bits per heavy atom. The second kappa shape index (κ2) is 5.14. The summed E-state index contributed by atoms with van der Waals surface area (Å²) >= 11 is 5.24. The predicted octanol–water partition coefficient (Wildman–Crippen LogP) is 0.653. The van der Waals surface area contributed by atoms with Gasteiger partial charge in [0.05, 0.1) is 12.1 Å². The Bertz CT molecular complexity index is 228. The molecule has 0 rings (SSSR count). The Morgan fingerprint density at radius 3 is 2.08 bits per heavy atom. The third-order valence-corrected chi connectivity index (χ3v) is 4.07. The van der Waals surface area contributed by atoms with Crippen molar-refractivity contribution in [3.05, 3.63) is 0 Å². The van der Waals surface area contributed by atoms with E-state index < -0.39 is 20.8 Å². The van der Waals surface area contributed by atoms with Crippen molar-refractivity contribution in [1.82, 2.24) is 4.72 Å². The SMILES string of the molecule is CCC(CC)(CO)NS(=O)(=O)CCl. The molecule has 0 aromatic heterocycles. The van der Waals surface area contributed by atoms with Crippen molar-refractivity contribution in [2.24, 2.45) is 0 Å². The van der Waals surface area contributed by atoms with Crippen molar-refractivity contribution in [2.45, 2.75) is 32.2 Å². The van der Waals surface area contributed by atoms with Crippen molar-refractivity contribution >= 4 is 21.6 Å². The van der Waals surface area contributed by atoms with Crippen LogP contribution in [0.5, 0.6) is 0 Å². The summed E-state index contributed by atoms with van der Waals surface area (Å²) in [6, 6.07) is 0. The fourth-order valence-corrected chi connectivity index (χ4v) is 2.24. The van der Waals surface area contributed by atoms with Crippen molar-refractivity contribution in [3.8, 4) is 0 Å². The lowest BCUT2D eigenvalue weighted by molar-refractivity contribution is 0.172. The van der Waals surface area contributed by atoms with E-state index in [9.17, 15) is 8.42 Å². The molecule has 0 aliphatic heterocycles. The van der Waals surface area contributed by atoms with Crippen LogP contribution in [0, 0.1) is 0 Å². The van der Waals surface area contributed by atoms with Gasteiger partial charge in [0.25, 0.3) is 0 Å². The normalized spacial score (nSPS) is 13.2. The van der Waals surface area contributed by atoms with Crippen molar-refractivity contribution < 1.29 is 13.5 Å². The molecule has 4 nitrogen and oxygen atoms in total. The average molecular weight is 230 g/mol. The first kappa shape index (κ1) is 13.2. The molecule has 13 heavy (non-hydrogen) atoms. The fraction of sp³-hybridized carbons (Fsp3) is 1.00. The third-order valence-electron chi connectivity index (χ3n) is 2.17. The van der Waals surface area contributed by atoms with Gasteiger partial charge in [0, 0.05) is 0 Å². The Labute approximate surface area is 84.3 Å². The zero-order valence-corrected chi connectivity index (χ0v) is 9.45. The Balaban J connectivity index is 4.61. The van der Waals surface area contributed by atoms with Crippen LogP contribution in [0.15, 0.2) is 0 Å². The number of halogens is 1. The number of alkyl halides is 1. The minimum absolute atomic E-state index is 0.212. The van der Waals surface area contributed by atoms with E-state index in [0.717, 1.165) is 0 Å². The van der Waals surface area contributed by atoms with Crippen LogP contribution in [0.1, 0.15) is 26.7 Å². The number of rotatable bonds is 6. The summed E-state index contributed by atoms with van der Waals surface area (Å²) in [5.74, 6) is 0. The fourth-order valence-electron chi connectivity index (χ4n) is 1.01. The maximum atomic E-state index is 11.1. The standard InChI is InChI=1S/C7H16ClNO3S/c1-3-7(4-2,5-10)9-13(11,12)6-8/h9-10H,3-6H2,1-2H3. The molecule has 0 amide bonds. The molecule has 0 atom stereocenters. The van der Waals surface area contributed by atoms with Crippen molar-refractivity contribution in [1.29, 1.82) is 0 Å². The van der Waals surface area contributed by atoms with Gasteiger partial charge in [-0.15, -0.1) is 11.6 Å². The highest BCUT2D eigenvalue weighted by Crippen LogP contribution is 2.15. The van der Waals surface area contributed by atoms with Gasteiger partial charge < -0.3 is 5.11 Å². The Morgan fingerprint density at radius 1 is 1.38 bits per heavy atom. The number of nitrogens with one attached hydrogen (secondary N) is 1. The van der Waals surface area contributed by atoms with Crippen LogP contribution >= 0.6 is 11.6 Å². The van der Waals surface area contributed by atoms with Gasteiger partial charge in [0.1, 0.15) is 5.21 Å². The number of hydrogen-bond donors (Lipinski definition) is 2. The van der Waals surface area contributed by atoms with Crippen LogP contribution in [0.4, 0.5) is 0 Å². The molecular formula is C7H16ClNO3S. The summed E-state index contributed by atoms with van der Waals surface area (Å²) in [6.07, 6.45) is 1.08. The van der Waals surface area contributed by atoms with Crippen LogP contribution in [0.2, 0.25) is 0 Å². The largest absolute Gasteiger partial charge is 0.394 e. The number of aliphatic hydroxyl groups excluding tert-OH is 1. The molecule has 0 saturated carbocycles. The summed E-state index contributed by atoms with van der Waals surface area (Å²) in [4.78, 5) is 0. The van der Waals surface area contributed by atoms with Crippen LogP contribution in [-0.2, 0) is 10.0 Å². The summed E-state index contributed by atoms with van der Waals surface area (Å²) in [5.41, 5.74) is -0.756. The van der Waals surface area contributed by atoms with E-state index >= 15 is 0 Å². The molecule has 0 radical (unpaired) electrons. The lowest BCUT2D eigenvalue weighted by atomic mass is 9.96. The third kappa shape index (κ3) is 3.81. The highest BCUT2D eigenvalue weighted by molar-refractivity contribution is 7.90. The smallest absolute Gasteiger partial charge is 0.226 e. The van der Waals surface area contributed by atoms with Gasteiger partial charge in [-0.25, -0.2) is 13.1 Å². The minimum Gasteiger partial charge on any atom is -0.394 e. The van der Waals surface area contributed by atoms with Crippen molar-refractivity contribution in [2.75, 3.05) is 11.8 Å². The van der Waals surface area contributed by atoms with Crippen LogP contribution < -0.4 is 4.72 Å². The second-order valence-corrected chi connectivity index (χ2v) is 5.28. The molecule has 2 N–H and O–H groups in total. The van der Waals surface area contributed by atoms with E-state index in [1.165, 1.54) is 0 Å². The molecule has 80 valence electrons. The van der Waals surface area contributed by atoms with Crippen LogP contribution in [-0.4, -0.2) is 30.9 Å². The highest BCUT2D eigenvalue weighted by Gasteiger charge is 2.29. The molecule has 0 saturated heterocycles. The number of hydrogen-bond acceptors (Lipinski definition) is 3. The topological polar surface area (TPSA) is 66.4 Å². The van der Waals surface area contributed by atoms with Gasteiger partial charge in [-0.3, -0.25) is 0 Å². The predicted molar refractivity (Wildman–Crippen MR) is 53.2 cm³/mol. The lowest BCUT2D eigenvalue weighted by Gasteiger charge is -2.29. The molecule has 0 aliphatic carbocycles. The molecular weight excluding hydrogens is 214 g/mol. The average Bonchev–Trinajstić information content (AvgIpc) is 2.14. The van der Waals surface area contributed by atoms with E-state index in [0.29, 0.717) is 12.8 Å². The van der Waals surface area contributed by atoms with Crippen molar-refractivity contribution in [3.63, 3.8) is 0 Å². The van der Waals surface area contributed by atoms with Crippen LogP contribution in [0.3, 0.4) is 0 Å². The van der Waals surface area contributed by atoms with E-state index in [1.54, 1.807) is 0 Å². The summed E-state index contributed by atoms with van der Waals surface area (Å²) in [7, 11) is -3.46. The zero-order valence-electron chi connectivity index (χ0n) is 7.88. The van der Waals surface area contributed by atoms with E-state index in [2.05, 4.69) is 4.72 Å². The summed E-state index contributed by atoms with van der Waals surface area (Å²) in [6.45, 7) is 3.42. The van der Waals surface area contributed by atoms with Gasteiger partial charge in [0.15, 0.2) is 0 Å². The Kier molecular flexibility index (Phi) is 5.21. The molecule has 0 bridgehead atoms. The van der Waals surface area contributed by atoms with E-state index in [1.807, 2.05) is 13.8 Å². The zero-order chi connectivity index (χ0) is 10.5. The summed E-state index contributed by atoms with van der Waals surface area (Å²) in [5, 5.41) is 8.59. The maximum Gasteiger partial charge on any atom is 0.226 e. The quantitative estimate of drug-likeness (QED) is 0.658. The second-order valence-electron chi connectivity index (χ2n) is 2.97. The molecule has 0 aromatic rings. The highest BCUT2D eigenvalue weighted by atomic mass is 35.5. The first-order chi connectivity index (χ1) is 5.95. The van der Waals surface area contributed by atoms with Crippen LogP contribution in [0.25, 0.3) is 0 Å². The van der Waals surface area contributed by atoms with E-state index in [-0.39, 0.29) is 6.61 Å². The van der Waals surface area contributed by atoms with Gasteiger partial charge in [-0.05, 0) is 12.8 Å².